The summed E-state index contributed by atoms with van der Waals surface area (Å²) in [4.78, 5) is 21.6. The predicted octanol–water partition coefficient (Wildman–Crippen LogP) is 7.16. The van der Waals surface area contributed by atoms with Gasteiger partial charge in [-0.05, 0) is 92.8 Å². The number of nitriles is 1. The van der Waals surface area contributed by atoms with E-state index < -0.39 is 6.10 Å². The number of halogens is 1. The maximum atomic E-state index is 12.2. The number of hydrogen-bond acceptors (Lipinski definition) is 6. The van der Waals surface area contributed by atoms with Crippen LogP contribution in [0.25, 0.3) is 11.3 Å². The minimum absolute atomic E-state index is 0.00288. The molecule has 1 atom stereocenters. The zero-order valence-electron chi connectivity index (χ0n) is 21.6. The molecule has 2 heterocycles. The van der Waals surface area contributed by atoms with Gasteiger partial charge in [0.1, 0.15) is 6.10 Å². The van der Waals surface area contributed by atoms with Gasteiger partial charge in [-0.25, -0.2) is 0 Å². The van der Waals surface area contributed by atoms with Crippen LogP contribution in [0.5, 0.6) is 0 Å². The summed E-state index contributed by atoms with van der Waals surface area (Å²) < 4.78 is 11.9. The molecular formula is C31H32ClN3O3. The lowest BCUT2D eigenvalue weighted by Crippen LogP contribution is -2.29. The fraction of sp³-hybridized carbons (Fsp3) is 0.419. The van der Waals surface area contributed by atoms with Crippen LogP contribution in [0.1, 0.15) is 86.3 Å². The lowest BCUT2D eigenvalue weighted by atomic mass is 9.79. The van der Waals surface area contributed by atoms with Gasteiger partial charge in [0.2, 0.25) is 0 Å². The van der Waals surface area contributed by atoms with Crippen molar-refractivity contribution in [1.29, 1.82) is 5.26 Å². The van der Waals surface area contributed by atoms with Crippen LogP contribution in [0.15, 0.2) is 54.9 Å². The highest BCUT2D eigenvalue weighted by Crippen LogP contribution is 2.39. The first-order chi connectivity index (χ1) is 18.6. The number of esters is 1. The number of carbonyl (C=O) groups is 1. The Morgan fingerprint density at radius 1 is 1.08 bits per heavy atom. The predicted molar refractivity (Wildman–Crippen MR) is 146 cm³/mol. The fourth-order valence-electron chi connectivity index (χ4n) is 5.36. The van der Waals surface area contributed by atoms with E-state index in [0.717, 1.165) is 66.6 Å². The largest absolute Gasteiger partial charge is 0.466 e. The first-order valence-corrected chi connectivity index (χ1v) is 13.9. The van der Waals surface area contributed by atoms with Crippen LogP contribution in [0.2, 0.25) is 5.02 Å². The summed E-state index contributed by atoms with van der Waals surface area (Å²) in [6.07, 6.45) is 9.74. The Morgan fingerprint density at radius 3 is 2.50 bits per heavy atom. The van der Waals surface area contributed by atoms with Crippen LogP contribution in [-0.4, -0.2) is 28.6 Å². The number of nitrogens with zero attached hydrogens (tertiary/aromatic N) is 3. The number of ether oxygens (including phenoxy) is 2. The van der Waals surface area contributed by atoms with Crippen LogP contribution in [0.3, 0.4) is 0 Å². The van der Waals surface area contributed by atoms with Gasteiger partial charge in [-0.1, -0.05) is 30.2 Å². The van der Waals surface area contributed by atoms with Gasteiger partial charge in [0.25, 0.3) is 0 Å². The molecule has 2 aliphatic rings. The molecule has 3 aromatic rings. The third-order valence-corrected chi connectivity index (χ3v) is 7.99. The molecule has 38 heavy (non-hydrogen) atoms. The summed E-state index contributed by atoms with van der Waals surface area (Å²) in [5, 5.41) is 10.4. The van der Waals surface area contributed by atoms with Crippen molar-refractivity contribution in [1.82, 2.24) is 9.97 Å². The highest BCUT2D eigenvalue weighted by molar-refractivity contribution is 6.30. The van der Waals surface area contributed by atoms with E-state index in [1.807, 2.05) is 55.6 Å². The van der Waals surface area contributed by atoms with Gasteiger partial charge >= 0.3 is 5.97 Å². The van der Waals surface area contributed by atoms with Crippen molar-refractivity contribution in [2.75, 3.05) is 6.61 Å². The minimum Gasteiger partial charge on any atom is -0.466 e. The average Bonchev–Trinajstić information content (AvgIpc) is 2.92. The molecule has 0 N–H and O–H groups in total. The van der Waals surface area contributed by atoms with E-state index in [2.05, 4.69) is 11.1 Å². The number of aromatic nitrogens is 2. The van der Waals surface area contributed by atoms with Gasteiger partial charge in [0, 0.05) is 23.0 Å². The summed E-state index contributed by atoms with van der Waals surface area (Å²) in [5.74, 6) is 0.275. The Labute approximate surface area is 229 Å². The Hall–Kier alpha value is -3.27. The molecule has 2 fully saturated rings. The first-order valence-electron chi connectivity index (χ1n) is 13.5. The fourth-order valence-corrected chi connectivity index (χ4v) is 5.49. The quantitative estimate of drug-likeness (QED) is 0.288. The van der Waals surface area contributed by atoms with E-state index in [1.165, 1.54) is 6.42 Å². The third-order valence-electron chi connectivity index (χ3n) is 7.74. The van der Waals surface area contributed by atoms with E-state index in [1.54, 1.807) is 6.20 Å². The smallest absolute Gasteiger partial charge is 0.308 e. The molecule has 0 aliphatic heterocycles. The van der Waals surface area contributed by atoms with Crippen molar-refractivity contribution in [3.8, 4) is 17.3 Å². The van der Waals surface area contributed by atoms with Crippen LogP contribution < -0.4 is 0 Å². The summed E-state index contributed by atoms with van der Waals surface area (Å²) in [6.45, 7) is 2.24. The molecule has 0 amide bonds. The van der Waals surface area contributed by atoms with Crippen molar-refractivity contribution < 1.29 is 14.3 Å². The Balaban J connectivity index is 1.40. The molecule has 196 valence electrons. The normalized spacial score (nSPS) is 20.2. The molecule has 0 saturated heterocycles. The zero-order chi connectivity index (χ0) is 26.5. The molecule has 5 rings (SSSR count). The topological polar surface area (TPSA) is 85.1 Å². The number of hydrogen-bond donors (Lipinski definition) is 0. The highest BCUT2D eigenvalue weighted by Gasteiger charge is 2.30. The van der Waals surface area contributed by atoms with Crippen molar-refractivity contribution in [3.05, 3.63) is 82.3 Å². The number of benzene rings is 1. The minimum atomic E-state index is -0.402. The molecule has 7 heteroatoms. The maximum absolute atomic E-state index is 12.2. The van der Waals surface area contributed by atoms with Crippen LogP contribution in [-0.2, 0) is 14.3 Å². The maximum Gasteiger partial charge on any atom is 0.308 e. The van der Waals surface area contributed by atoms with E-state index >= 15 is 0 Å². The van der Waals surface area contributed by atoms with E-state index in [0.29, 0.717) is 23.1 Å². The molecule has 0 radical (unpaired) electrons. The summed E-state index contributed by atoms with van der Waals surface area (Å²) >= 11 is 6.17. The molecule has 0 bridgehead atoms. The Morgan fingerprint density at radius 2 is 1.84 bits per heavy atom. The van der Waals surface area contributed by atoms with Gasteiger partial charge in [0.05, 0.1) is 41.6 Å². The van der Waals surface area contributed by atoms with Gasteiger partial charge < -0.3 is 9.47 Å². The molecule has 2 saturated carbocycles. The van der Waals surface area contributed by atoms with E-state index in [-0.39, 0.29) is 18.0 Å². The first kappa shape index (κ1) is 26.3. The Bertz CT molecular complexity index is 1310. The molecule has 0 spiro atoms. The van der Waals surface area contributed by atoms with Crippen molar-refractivity contribution in [2.45, 2.75) is 70.0 Å². The standard InChI is InChI=1S/C31H32ClN3O3/c1-2-37-31(36)22-8-12-26(13-9-22)38-30(21-6-10-25(32)11-7-21)29-16-23(14-15-34-29)28-17-24(18-33)27(19-35-28)20-4-3-5-20/h6-7,10-11,14-17,19-20,22,26,30H,2-5,8-9,12-13H2,1H3. The van der Waals surface area contributed by atoms with Crippen LogP contribution in [0, 0.1) is 17.2 Å². The van der Waals surface area contributed by atoms with E-state index in [9.17, 15) is 10.1 Å². The lowest BCUT2D eigenvalue weighted by Gasteiger charge is -2.31. The van der Waals surface area contributed by atoms with Crippen LogP contribution >= 0.6 is 11.6 Å². The zero-order valence-corrected chi connectivity index (χ0v) is 22.4. The second-order valence-corrected chi connectivity index (χ2v) is 10.6. The molecule has 6 nitrogen and oxygen atoms in total. The number of pyridine rings is 2. The molecule has 2 aromatic heterocycles. The van der Waals surface area contributed by atoms with Crippen LogP contribution in [0.4, 0.5) is 0 Å². The third kappa shape index (κ3) is 5.90. The molecular weight excluding hydrogens is 498 g/mol. The van der Waals surface area contributed by atoms with E-state index in [4.69, 9.17) is 26.1 Å². The number of carbonyl (C=O) groups excluding carboxylic acids is 1. The molecule has 1 aromatic carbocycles. The van der Waals surface area contributed by atoms with Gasteiger partial charge in [-0.2, -0.15) is 5.26 Å². The van der Waals surface area contributed by atoms with Crippen molar-refractivity contribution in [3.63, 3.8) is 0 Å². The SMILES string of the molecule is CCOC(=O)C1CCC(OC(c2ccc(Cl)cc2)c2cc(-c3cc(C#N)c(C4CCC4)cn3)ccn2)CC1. The lowest BCUT2D eigenvalue weighted by molar-refractivity contribution is -0.150. The average molecular weight is 530 g/mol. The monoisotopic (exact) mass is 529 g/mol. The highest BCUT2D eigenvalue weighted by atomic mass is 35.5. The Kier molecular flexibility index (Phi) is 8.36. The molecule has 2 aliphatic carbocycles. The van der Waals surface area contributed by atoms with Crippen molar-refractivity contribution >= 4 is 17.6 Å². The van der Waals surface area contributed by atoms with Gasteiger partial charge in [-0.3, -0.25) is 14.8 Å². The van der Waals surface area contributed by atoms with Gasteiger partial charge in [-0.15, -0.1) is 0 Å². The summed E-state index contributed by atoms with van der Waals surface area (Å²) in [6, 6.07) is 15.8. The van der Waals surface area contributed by atoms with Gasteiger partial charge in [0.15, 0.2) is 0 Å². The summed E-state index contributed by atoms with van der Waals surface area (Å²) in [7, 11) is 0. The second-order valence-electron chi connectivity index (χ2n) is 10.2. The summed E-state index contributed by atoms with van der Waals surface area (Å²) in [5.41, 5.74) is 5.11. The number of rotatable bonds is 8. The molecule has 1 unspecified atom stereocenters. The van der Waals surface area contributed by atoms with Crippen molar-refractivity contribution in [2.24, 2.45) is 5.92 Å². The second kappa shape index (κ2) is 12.1.